The smallest absolute Gasteiger partial charge is 0.0121 e. The van der Waals surface area contributed by atoms with Crippen LogP contribution in [0.5, 0.6) is 0 Å². The lowest BCUT2D eigenvalue weighted by Gasteiger charge is -2.28. The van der Waals surface area contributed by atoms with Crippen LogP contribution in [0.25, 0.3) is 0 Å². The number of benzene rings is 1. The van der Waals surface area contributed by atoms with Crippen molar-refractivity contribution >= 4 is 0 Å². The average Bonchev–Trinajstić information content (AvgIpc) is 1.92. The van der Waals surface area contributed by atoms with Crippen LogP contribution in [-0.2, 0) is 6.42 Å². The van der Waals surface area contributed by atoms with E-state index in [1.54, 1.807) is 11.1 Å². The van der Waals surface area contributed by atoms with Gasteiger partial charge >= 0.3 is 0 Å². The fourth-order valence-electron chi connectivity index (χ4n) is 1.73. The molecule has 0 saturated carbocycles. The van der Waals surface area contributed by atoms with Crippen molar-refractivity contribution in [3.8, 4) is 0 Å². The highest BCUT2D eigenvalue weighted by Gasteiger charge is 2.22. The first kappa shape index (κ1) is 5.96. The molecule has 1 aromatic carbocycles. The third-order valence-corrected chi connectivity index (χ3v) is 2.45. The highest BCUT2D eigenvalue weighted by atomic mass is 14.3. The van der Waals surface area contributed by atoms with Gasteiger partial charge in [-0.2, -0.15) is 0 Å². The van der Waals surface area contributed by atoms with Gasteiger partial charge in [0, 0.05) is 0 Å². The summed E-state index contributed by atoms with van der Waals surface area (Å²) in [5.74, 6) is 0.871. The maximum Gasteiger partial charge on any atom is -0.0121 e. The van der Waals surface area contributed by atoms with Gasteiger partial charge in [-0.25, -0.2) is 0 Å². The normalized spacial score (nSPS) is 21.5. The van der Waals surface area contributed by atoms with Crippen LogP contribution in [0.1, 0.15) is 30.4 Å². The molecule has 10 heavy (non-hydrogen) atoms. The summed E-state index contributed by atoms with van der Waals surface area (Å²) in [6, 6.07) is 8.76. The van der Waals surface area contributed by atoms with Crippen LogP contribution in [0, 0.1) is 0 Å². The Kier molecular flexibility index (Phi) is 1.26. The molecule has 1 aromatic rings. The SMILES string of the molecule is CCC1Cc2ccccc21. The molecule has 1 unspecified atom stereocenters. The number of hydrogen-bond donors (Lipinski definition) is 0. The first-order valence-corrected chi connectivity index (χ1v) is 3.99. The standard InChI is InChI=1S/C10H12/c1-2-8-7-9-5-3-4-6-10(8)9/h3-6,8H,2,7H2,1H3. The Bertz CT molecular complexity index is 238. The van der Waals surface area contributed by atoms with Crippen LogP contribution in [-0.4, -0.2) is 0 Å². The average molecular weight is 132 g/mol. The van der Waals surface area contributed by atoms with Crippen molar-refractivity contribution in [1.82, 2.24) is 0 Å². The zero-order chi connectivity index (χ0) is 6.97. The van der Waals surface area contributed by atoms with Gasteiger partial charge in [-0.05, 0) is 29.9 Å². The monoisotopic (exact) mass is 132 g/mol. The van der Waals surface area contributed by atoms with Crippen molar-refractivity contribution in [1.29, 1.82) is 0 Å². The number of rotatable bonds is 1. The molecule has 1 aliphatic rings. The van der Waals surface area contributed by atoms with Gasteiger partial charge in [-0.3, -0.25) is 0 Å². The Morgan fingerprint density at radius 1 is 1.40 bits per heavy atom. The van der Waals surface area contributed by atoms with Gasteiger partial charge in [-0.15, -0.1) is 0 Å². The summed E-state index contributed by atoms with van der Waals surface area (Å²) in [7, 11) is 0. The second kappa shape index (κ2) is 2.12. The van der Waals surface area contributed by atoms with Crippen molar-refractivity contribution in [2.75, 3.05) is 0 Å². The molecule has 0 heterocycles. The molecule has 0 N–H and O–H groups in total. The molecule has 0 spiro atoms. The van der Waals surface area contributed by atoms with Crippen LogP contribution in [0.2, 0.25) is 0 Å². The second-order valence-electron chi connectivity index (χ2n) is 3.01. The van der Waals surface area contributed by atoms with Gasteiger partial charge in [0.25, 0.3) is 0 Å². The predicted octanol–water partition coefficient (Wildman–Crippen LogP) is 2.74. The molecule has 2 rings (SSSR count). The van der Waals surface area contributed by atoms with Gasteiger partial charge < -0.3 is 0 Å². The minimum Gasteiger partial charge on any atom is -0.0648 e. The molecule has 52 valence electrons. The van der Waals surface area contributed by atoms with Gasteiger partial charge in [0.05, 0.1) is 0 Å². The minimum atomic E-state index is 0.871. The fraction of sp³-hybridized carbons (Fsp3) is 0.400. The maximum absolute atomic E-state index is 2.26. The first-order valence-electron chi connectivity index (χ1n) is 3.99. The molecule has 1 aliphatic carbocycles. The summed E-state index contributed by atoms with van der Waals surface area (Å²) in [4.78, 5) is 0. The Balaban J connectivity index is 2.34. The molecule has 0 saturated heterocycles. The lowest BCUT2D eigenvalue weighted by molar-refractivity contribution is 0.589. The van der Waals surface area contributed by atoms with E-state index in [4.69, 9.17) is 0 Å². The topological polar surface area (TPSA) is 0 Å². The quantitative estimate of drug-likeness (QED) is 0.551. The van der Waals surface area contributed by atoms with E-state index in [2.05, 4.69) is 31.2 Å². The second-order valence-corrected chi connectivity index (χ2v) is 3.01. The lowest BCUT2D eigenvalue weighted by atomic mass is 9.76. The van der Waals surface area contributed by atoms with E-state index in [9.17, 15) is 0 Å². The zero-order valence-electron chi connectivity index (χ0n) is 6.30. The van der Waals surface area contributed by atoms with Crippen molar-refractivity contribution in [3.05, 3.63) is 35.4 Å². The van der Waals surface area contributed by atoms with Crippen molar-refractivity contribution < 1.29 is 0 Å². The molecule has 0 aliphatic heterocycles. The van der Waals surface area contributed by atoms with Crippen LogP contribution in [0.4, 0.5) is 0 Å². The van der Waals surface area contributed by atoms with E-state index >= 15 is 0 Å². The summed E-state index contributed by atoms with van der Waals surface area (Å²) >= 11 is 0. The maximum atomic E-state index is 2.26. The van der Waals surface area contributed by atoms with Crippen LogP contribution < -0.4 is 0 Å². The third kappa shape index (κ3) is 0.683. The molecule has 1 atom stereocenters. The highest BCUT2D eigenvalue weighted by Crippen LogP contribution is 2.36. The summed E-state index contributed by atoms with van der Waals surface area (Å²) < 4.78 is 0. The molecule has 0 bridgehead atoms. The Hall–Kier alpha value is -0.780. The van der Waals surface area contributed by atoms with Gasteiger partial charge in [0.2, 0.25) is 0 Å². The predicted molar refractivity (Wildman–Crippen MR) is 43.2 cm³/mol. The van der Waals surface area contributed by atoms with E-state index in [1.165, 1.54) is 12.8 Å². The van der Waals surface area contributed by atoms with E-state index in [0.29, 0.717) is 0 Å². The molecular weight excluding hydrogens is 120 g/mol. The molecule has 0 nitrogen and oxygen atoms in total. The molecule has 0 aromatic heterocycles. The largest absolute Gasteiger partial charge is 0.0648 e. The number of hydrogen-bond acceptors (Lipinski definition) is 0. The zero-order valence-corrected chi connectivity index (χ0v) is 6.30. The summed E-state index contributed by atoms with van der Waals surface area (Å²) in [6.45, 7) is 2.26. The molecule has 0 fully saturated rings. The lowest BCUT2D eigenvalue weighted by Crippen LogP contribution is -2.15. The summed E-state index contributed by atoms with van der Waals surface area (Å²) in [5, 5.41) is 0. The van der Waals surface area contributed by atoms with Crippen LogP contribution in [0.3, 0.4) is 0 Å². The van der Waals surface area contributed by atoms with Crippen LogP contribution in [0.15, 0.2) is 24.3 Å². The van der Waals surface area contributed by atoms with Crippen molar-refractivity contribution in [2.45, 2.75) is 25.7 Å². The fourth-order valence-corrected chi connectivity index (χ4v) is 1.73. The van der Waals surface area contributed by atoms with E-state index in [0.717, 1.165) is 5.92 Å². The molecule has 0 heteroatoms. The summed E-state index contributed by atoms with van der Waals surface area (Å²) in [6.07, 6.45) is 2.61. The molecular formula is C10H12. The van der Waals surface area contributed by atoms with Crippen LogP contribution >= 0.6 is 0 Å². The third-order valence-electron chi connectivity index (χ3n) is 2.45. The number of fused-ring (bicyclic) bond motifs is 1. The summed E-state index contributed by atoms with van der Waals surface area (Å²) in [5.41, 5.74) is 3.15. The van der Waals surface area contributed by atoms with Crippen molar-refractivity contribution in [2.24, 2.45) is 0 Å². The Labute approximate surface area is 61.9 Å². The highest BCUT2D eigenvalue weighted by molar-refractivity contribution is 5.39. The Morgan fingerprint density at radius 2 is 2.20 bits per heavy atom. The Morgan fingerprint density at radius 3 is 2.90 bits per heavy atom. The van der Waals surface area contributed by atoms with Crippen molar-refractivity contribution in [3.63, 3.8) is 0 Å². The minimum absolute atomic E-state index is 0.871. The van der Waals surface area contributed by atoms with Gasteiger partial charge in [0.1, 0.15) is 0 Å². The van der Waals surface area contributed by atoms with E-state index < -0.39 is 0 Å². The molecule has 0 radical (unpaired) electrons. The molecule has 0 amide bonds. The first-order chi connectivity index (χ1) is 4.92. The van der Waals surface area contributed by atoms with Gasteiger partial charge in [0.15, 0.2) is 0 Å². The van der Waals surface area contributed by atoms with E-state index in [-0.39, 0.29) is 0 Å². The van der Waals surface area contributed by atoms with Gasteiger partial charge in [-0.1, -0.05) is 31.2 Å². The van der Waals surface area contributed by atoms with E-state index in [1.807, 2.05) is 0 Å².